The van der Waals surface area contributed by atoms with E-state index in [9.17, 15) is 4.79 Å². The van der Waals surface area contributed by atoms with Crippen LogP contribution in [0.25, 0.3) is 0 Å². The summed E-state index contributed by atoms with van der Waals surface area (Å²) in [6.07, 6.45) is -0.0117. The van der Waals surface area contributed by atoms with Gasteiger partial charge in [0.15, 0.2) is 0 Å². The number of carbonyl (C=O) groups is 1. The van der Waals surface area contributed by atoms with Crippen molar-refractivity contribution in [2.75, 3.05) is 19.7 Å². The van der Waals surface area contributed by atoms with Gasteiger partial charge in [-0.3, -0.25) is 9.69 Å². The van der Waals surface area contributed by atoms with Crippen molar-refractivity contribution in [1.29, 1.82) is 0 Å². The minimum Gasteiger partial charge on any atom is -0.371 e. The summed E-state index contributed by atoms with van der Waals surface area (Å²) in [4.78, 5) is 13.4. The van der Waals surface area contributed by atoms with E-state index in [2.05, 4.69) is 4.90 Å². The van der Waals surface area contributed by atoms with Gasteiger partial charge < -0.3 is 10.5 Å². The number of nitrogens with two attached hydrogens (primary N) is 1. The van der Waals surface area contributed by atoms with Gasteiger partial charge in [-0.2, -0.15) is 0 Å². The van der Waals surface area contributed by atoms with E-state index in [-0.39, 0.29) is 6.10 Å². The summed E-state index contributed by atoms with van der Waals surface area (Å²) >= 11 is 6.27. The third-order valence-corrected chi connectivity index (χ3v) is 4.39. The number of primary amides is 1. The van der Waals surface area contributed by atoms with Crippen LogP contribution in [0.15, 0.2) is 48.5 Å². The number of carbonyl (C=O) groups excluding carboxylic acids is 1. The van der Waals surface area contributed by atoms with E-state index in [1.54, 1.807) is 12.1 Å². The van der Waals surface area contributed by atoms with Gasteiger partial charge in [0, 0.05) is 35.8 Å². The topological polar surface area (TPSA) is 55.6 Å². The summed E-state index contributed by atoms with van der Waals surface area (Å²) in [5, 5.41) is 0.741. The van der Waals surface area contributed by atoms with Crippen LogP contribution in [0.3, 0.4) is 0 Å². The summed E-state index contributed by atoms with van der Waals surface area (Å²) in [5.74, 6) is -0.401. The second-order valence-electron chi connectivity index (χ2n) is 5.68. The molecule has 1 amide bonds. The zero-order valence-electron chi connectivity index (χ0n) is 12.7. The molecule has 1 aliphatic rings. The molecule has 1 fully saturated rings. The van der Waals surface area contributed by atoms with Crippen molar-refractivity contribution < 1.29 is 9.53 Å². The normalized spacial score (nSPS) is 18.7. The minimum absolute atomic E-state index is 0.0117. The van der Waals surface area contributed by atoms with Gasteiger partial charge in [0.2, 0.25) is 5.91 Å². The fourth-order valence-electron chi connectivity index (χ4n) is 2.80. The van der Waals surface area contributed by atoms with Crippen LogP contribution in [0, 0.1) is 0 Å². The van der Waals surface area contributed by atoms with Gasteiger partial charge in [0.25, 0.3) is 0 Å². The maximum Gasteiger partial charge on any atom is 0.248 e. The van der Waals surface area contributed by atoms with Crippen LogP contribution in [-0.4, -0.2) is 30.5 Å². The van der Waals surface area contributed by atoms with E-state index in [4.69, 9.17) is 22.1 Å². The van der Waals surface area contributed by atoms with Crippen LogP contribution in [0.2, 0.25) is 5.02 Å². The molecule has 2 aromatic carbocycles. The highest BCUT2D eigenvalue weighted by atomic mass is 35.5. The van der Waals surface area contributed by atoms with E-state index >= 15 is 0 Å². The minimum atomic E-state index is -0.401. The number of rotatable bonds is 4. The number of hydrogen-bond acceptors (Lipinski definition) is 3. The Morgan fingerprint density at radius 3 is 2.65 bits per heavy atom. The Hall–Kier alpha value is -1.88. The molecule has 0 unspecified atom stereocenters. The number of hydrogen-bond donors (Lipinski definition) is 1. The number of ether oxygens (including phenoxy) is 1. The number of amides is 1. The van der Waals surface area contributed by atoms with Crippen molar-refractivity contribution in [2.45, 2.75) is 12.6 Å². The van der Waals surface area contributed by atoms with E-state index in [1.807, 2.05) is 36.4 Å². The zero-order chi connectivity index (χ0) is 16.2. The molecule has 1 aliphatic heterocycles. The molecule has 1 saturated heterocycles. The van der Waals surface area contributed by atoms with Crippen LogP contribution in [0.5, 0.6) is 0 Å². The average Bonchev–Trinajstić information content (AvgIpc) is 2.56. The molecule has 1 heterocycles. The van der Waals surface area contributed by atoms with Gasteiger partial charge in [-0.25, -0.2) is 0 Å². The van der Waals surface area contributed by atoms with E-state index in [1.165, 1.54) is 0 Å². The largest absolute Gasteiger partial charge is 0.371 e. The van der Waals surface area contributed by atoms with Gasteiger partial charge >= 0.3 is 0 Å². The lowest BCUT2D eigenvalue weighted by molar-refractivity contribution is -0.0328. The third-order valence-electron chi connectivity index (χ3n) is 4.05. The first-order chi connectivity index (χ1) is 11.1. The number of halogens is 1. The lowest BCUT2D eigenvalue weighted by Crippen LogP contribution is -2.37. The molecular weight excluding hydrogens is 312 g/mol. The Labute approximate surface area is 140 Å². The molecule has 2 N–H and O–H groups in total. The molecule has 4 nitrogen and oxygen atoms in total. The van der Waals surface area contributed by atoms with E-state index < -0.39 is 5.91 Å². The van der Waals surface area contributed by atoms with Crippen LogP contribution >= 0.6 is 11.6 Å². The van der Waals surface area contributed by atoms with Gasteiger partial charge in [-0.15, -0.1) is 0 Å². The van der Waals surface area contributed by atoms with Gasteiger partial charge in [0.05, 0.1) is 12.7 Å². The Balaban J connectivity index is 1.67. The zero-order valence-corrected chi connectivity index (χ0v) is 13.5. The highest BCUT2D eigenvalue weighted by molar-refractivity contribution is 6.31. The van der Waals surface area contributed by atoms with E-state index in [0.29, 0.717) is 12.2 Å². The number of nitrogens with zero attached hydrogens (tertiary/aromatic N) is 1. The fraction of sp³-hybridized carbons (Fsp3) is 0.278. The van der Waals surface area contributed by atoms with Gasteiger partial charge in [-0.05, 0) is 23.8 Å². The summed E-state index contributed by atoms with van der Waals surface area (Å²) in [5.41, 5.74) is 7.98. The van der Waals surface area contributed by atoms with Crippen molar-refractivity contribution in [2.24, 2.45) is 5.73 Å². The summed E-state index contributed by atoms with van der Waals surface area (Å²) < 4.78 is 5.88. The number of morpholine rings is 1. The molecule has 0 spiro atoms. The molecule has 120 valence electrons. The molecular formula is C18H19ClN2O2. The van der Waals surface area contributed by atoms with Gasteiger partial charge in [-0.1, -0.05) is 41.9 Å². The summed E-state index contributed by atoms with van der Waals surface area (Å²) in [7, 11) is 0. The molecule has 0 radical (unpaired) electrons. The monoisotopic (exact) mass is 330 g/mol. The molecule has 2 aromatic rings. The highest BCUT2D eigenvalue weighted by Crippen LogP contribution is 2.28. The average molecular weight is 331 g/mol. The molecule has 0 saturated carbocycles. The second kappa shape index (κ2) is 7.13. The quantitative estimate of drug-likeness (QED) is 0.937. The molecule has 0 aliphatic carbocycles. The molecule has 3 rings (SSSR count). The molecule has 0 aromatic heterocycles. The first kappa shape index (κ1) is 16.0. The first-order valence-corrected chi connectivity index (χ1v) is 7.98. The van der Waals surface area contributed by atoms with E-state index in [0.717, 1.165) is 35.8 Å². The van der Waals surface area contributed by atoms with Crippen LogP contribution in [-0.2, 0) is 11.3 Å². The Bertz CT molecular complexity index is 688. The fourth-order valence-corrected chi connectivity index (χ4v) is 3.06. The van der Waals surface area contributed by atoms with Gasteiger partial charge in [0.1, 0.15) is 0 Å². The molecule has 0 bridgehead atoms. The van der Waals surface area contributed by atoms with Crippen molar-refractivity contribution in [3.8, 4) is 0 Å². The lowest BCUT2D eigenvalue weighted by Gasteiger charge is -2.33. The number of benzene rings is 2. The standard InChI is InChI=1S/C18H19ClN2O2/c19-16-4-2-1-3-15(16)17-12-21(9-10-23-17)11-13-5-7-14(8-6-13)18(20)22/h1-8,17H,9-12H2,(H2,20,22)/t17-/m1/s1. The highest BCUT2D eigenvalue weighted by Gasteiger charge is 2.23. The Morgan fingerprint density at radius 2 is 1.96 bits per heavy atom. The third kappa shape index (κ3) is 3.91. The van der Waals surface area contributed by atoms with Crippen molar-refractivity contribution in [3.63, 3.8) is 0 Å². The molecule has 23 heavy (non-hydrogen) atoms. The van der Waals surface area contributed by atoms with Crippen LogP contribution in [0.1, 0.15) is 27.6 Å². The Kier molecular flexibility index (Phi) is 4.96. The van der Waals surface area contributed by atoms with Crippen molar-refractivity contribution in [1.82, 2.24) is 4.90 Å². The van der Waals surface area contributed by atoms with Crippen LogP contribution in [0.4, 0.5) is 0 Å². The van der Waals surface area contributed by atoms with Crippen molar-refractivity contribution >= 4 is 17.5 Å². The summed E-state index contributed by atoms with van der Waals surface area (Å²) in [6, 6.07) is 15.2. The summed E-state index contributed by atoms with van der Waals surface area (Å²) in [6.45, 7) is 3.15. The predicted molar refractivity (Wildman–Crippen MR) is 90.4 cm³/mol. The van der Waals surface area contributed by atoms with Crippen LogP contribution < -0.4 is 5.73 Å². The predicted octanol–water partition coefficient (Wildman–Crippen LogP) is 3.01. The first-order valence-electron chi connectivity index (χ1n) is 7.60. The lowest BCUT2D eigenvalue weighted by atomic mass is 10.1. The maximum atomic E-state index is 11.1. The second-order valence-corrected chi connectivity index (χ2v) is 6.08. The smallest absolute Gasteiger partial charge is 0.248 e. The SMILES string of the molecule is NC(=O)c1ccc(CN2CCO[C@@H](c3ccccc3Cl)C2)cc1. The van der Waals surface area contributed by atoms with Crippen molar-refractivity contribution in [3.05, 3.63) is 70.2 Å². The Morgan fingerprint density at radius 1 is 1.22 bits per heavy atom. The molecule has 1 atom stereocenters. The maximum absolute atomic E-state index is 11.1. The molecule has 5 heteroatoms.